The normalized spacial score (nSPS) is 22.1. The van der Waals surface area contributed by atoms with E-state index in [1.165, 1.54) is 16.9 Å². The molecule has 116 valence electrons. The van der Waals surface area contributed by atoms with Gasteiger partial charge in [-0.1, -0.05) is 0 Å². The van der Waals surface area contributed by atoms with Crippen molar-refractivity contribution < 1.29 is 24.5 Å². The summed E-state index contributed by atoms with van der Waals surface area (Å²) in [6.07, 6.45) is 2.47. The molecule has 0 aromatic carbocycles. The Morgan fingerprint density at radius 3 is 2.60 bits per heavy atom. The highest BCUT2D eigenvalue weighted by Gasteiger charge is 2.40. The van der Waals surface area contributed by atoms with Gasteiger partial charge in [0, 0.05) is 40.3 Å². The molecule has 2 unspecified atom stereocenters. The molecule has 2 atom stereocenters. The number of likely N-dealkylation sites (tertiary alicyclic amines) is 1. The minimum atomic E-state index is -0.994. The van der Waals surface area contributed by atoms with Crippen molar-refractivity contribution in [2.75, 3.05) is 33.9 Å². The van der Waals surface area contributed by atoms with Crippen LogP contribution in [-0.2, 0) is 9.53 Å². The molecule has 0 bridgehead atoms. The van der Waals surface area contributed by atoms with E-state index in [1.54, 1.807) is 7.05 Å². The second kappa shape index (κ2) is 8.06. The summed E-state index contributed by atoms with van der Waals surface area (Å²) in [4.78, 5) is 26.4. The van der Waals surface area contributed by atoms with Crippen LogP contribution in [-0.4, -0.2) is 78.0 Å². The summed E-state index contributed by atoms with van der Waals surface area (Å²) in [7, 11) is 3.19. The molecule has 0 aromatic heterocycles. The van der Waals surface area contributed by atoms with Gasteiger partial charge < -0.3 is 24.7 Å². The molecule has 0 aromatic rings. The van der Waals surface area contributed by atoms with Gasteiger partial charge in [-0.15, -0.1) is 0 Å². The minimum absolute atomic E-state index is 0.153. The van der Waals surface area contributed by atoms with Gasteiger partial charge in [0.1, 0.15) is 6.04 Å². The molecule has 0 spiro atoms. The Labute approximate surface area is 119 Å². The van der Waals surface area contributed by atoms with Crippen LogP contribution in [0.5, 0.6) is 0 Å². The van der Waals surface area contributed by atoms with Crippen molar-refractivity contribution in [2.45, 2.75) is 37.8 Å². The number of unbranched alkanes of at least 4 members (excludes halogenated alkanes) is 2. The fourth-order valence-electron chi connectivity index (χ4n) is 2.37. The van der Waals surface area contributed by atoms with E-state index in [1.807, 2.05) is 0 Å². The highest BCUT2D eigenvalue weighted by Crippen LogP contribution is 2.21. The molecule has 20 heavy (non-hydrogen) atoms. The van der Waals surface area contributed by atoms with E-state index in [9.17, 15) is 14.7 Å². The molecule has 7 heteroatoms. The maximum absolute atomic E-state index is 12.3. The molecule has 1 aliphatic rings. The largest absolute Gasteiger partial charge is 0.480 e. The Morgan fingerprint density at radius 1 is 1.35 bits per heavy atom. The Morgan fingerprint density at radius 2 is 2.05 bits per heavy atom. The molecule has 0 radical (unpaired) electrons. The van der Waals surface area contributed by atoms with Crippen LogP contribution in [0.15, 0.2) is 0 Å². The molecule has 7 nitrogen and oxygen atoms in total. The zero-order valence-corrected chi connectivity index (χ0v) is 12.1. The summed E-state index contributed by atoms with van der Waals surface area (Å²) in [6, 6.07) is -1.09. The van der Waals surface area contributed by atoms with Crippen molar-refractivity contribution in [3.8, 4) is 0 Å². The number of hydrogen-bond donors (Lipinski definition) is 2. The molecule has 1 saturated heterocycles. The van der Waals surface area contributed by atoms with E-state index < -0.39 is 12.0 Å². The molecule has 1 aliphatic heterocycles. The van der Waals surface area contributed by atoms with Crippen molar-refractivity contribution in [2.24, 2.45) is 0 Å². The van der Waals surface area contributed by atoms with Gasteiger partial charge in [0.25, 0.3) is 0 Å². The van der Waals surface area contributed by atoms with Gasteiger partial charge >= 0.3 is 12.0 Å². The SMILES string of the molecule is COC1CC(C(=O)O)N(C(=O)N(C)CCCCCO)C1. The summed E-state index contributed by atoms with van der Waals surface area (Å²) >= 11 is 0. The highest BCUT2D eigenvalue weighted by atomic mass is 16.5. The van der Waals surface area contributed by atoms with E-state index >= 15 is 0 Å². The predicted octanol–water partition coefficient (Wildman–Crippen LogP) is 0.375. The predicted molar refractivity (Wildman–Crippen MR) is 72.5 cm³/mol. The molecule has 1 fully saturated rings. The quantitative estimate of drug-likeness (QED) is 0.661. The maximum atomic E-state index is 12.3. The smallest absolute Gasteiger partial charge is 0.326 e. The number of hydrogen-bond acceptors (Lipinski definition) is 4. The molecule has 0 saturated carbocycles. The van der Waals surface area contributed by atoms with E-state index in [4.69, 9.17) is 9.84 Å². The van der Waals surface area contributed by atoms with Crippen molar-refractivity contribution in [1.82, 2.24) is 9.80 Å². The third-order valence-corrected chi connectivity index (χ3v) is 3.60. The number of amides is 2. The number of urea groups is 1. The van der Waals surface area contributed by atoms with E-state index in [0.29, 0.717) is 19.5 Å². The Bertz CT molecular complexity index is 337. The van der Waals surface area contributed by atoms with Crippen molar-refractivity contribution in [1.29, 1.82) is 0 Å². The van der Waals surface area contributed by atoms with Gasteiger partial charge in [0.15, 0.2) is 0 Å². The van der Waals surface area contributed by atoms with E-state index in [2.05, 4.69) is 0 Å². The van der Waals surface area contributed by atoms with Gasteiger partial charge in [-0.3, -0.25) is 0 Å². The van der Waals surface area contributed by atoms with Crippen molar-refractivity contribution in [3.63, 3.8) is 0 Å². The summed E-state index contributed by atoms with van der Waals surface area (Å²) in [5, 5.41) is 17.9. The second-order valence-corrected chi connectivity index (χ2v) is 5.09. The third kappa shape index (κ3) is 4.35. The molecule has 1 heterocycles. The lowest BCUT2D eigenvalue weighted by Crippen LogP contribution is -2.47. The van der Waals surface area contributed by atoms with Gasteiger partial charge in [-0.2, -0.15) is 0 Å². The summed E-state index contributed by atoms with van der Waals surface area (Å²) < 4.78 is 5.16. The van der Waals surface area contributed by atoms with Crippen LogP contribution < -0.4 is 0 Å². The van der Waals surface area contributed by atoms with Crippen LogP contribution in [0.2, 0.25) is 0 Å². The molecule has 2 amide bonds. The Balaban J connectivity index is 2.53. The standard InChI is InChI=1S/C13H24N2O5/c1-14(6-4-3-5-7-16)13(19)15-9-10(20-2)8-11(15)12(17)18/h10-11,16H,3-9H2,1-2H3,(H,17,18). The fourth-order valence-corrected chi connectivity index (χ4v) is 2.37. The first kappa shape index (κ1) is 16.7. The number of aliphatic hydroxyl groups excluding tert-OH is 1. The zero-order chi connectivity index (χ0) is 15.1. The van der Waals surface area contributed by atoms with Crippen LogP contribution in [0.25, 0.3) is 0 Å². The summed E-state index contributed by atoms with van der Waals surface area (Å²) in [6.45, 7) is 1.02. The van der Waals surface area contributed by atoms with Crippen molar-refractivity contribution in [3.05, 3.63) is 0 Å². The topological polar surface area (TPSA) is 90.3 Å². The molecule has 1 rings (SSSR count). The average molecular weight is 288 g/mol. The number of aliphatic hydroxyl groups is 1. The summed E-state index contributed by atoms with van der Waals surface area (Å²) in [5.74, 6) is -0.994. The van der Waals surface area contributed by atoms with Crippen LogP contribution in [0.1, 0.15) is 25.7 Å². The number of carbonyl (C=O) groups excluding carboxylic acids is 1. The lowest BCUT2D eigenvalue weighted by atomic mass is 10.2. The number of carboxylic acid groups (broad SMARTS) is 1. The maximum Gasteiger partial charge on any atom is 0.326 e. The van der Waals surface area contributed by atoms with Gasteiger partial charge in [0.05, 0.1) is 6.10 Å². The Kier molecular flexibility index (Phi) is 6.74. The van der Waals surface area contributed by atoms with E-state index in [0.717, 1.165) is 19.3 Å². The number of carboxylic acids is 1. The first-order valence-electron chi connectivity index (χ1n) is 6.89. The van der Waals surface area contributed by atoms with Crippen LogP contribution in [0.4, 0.5) is 4.79 Å². The highest BCUT2D eigenvalue weighted by molar-refractivity contribution is 5.83. The second-order valence-electron chi connectivity index (χ2n) is 5.09. The van der Waals surface area contributed by atoms with Gasteiger partial charge in [-0.05, 0) is 19.3 Å². The first-order chi connectivity index (χ1) is 9.51. The fraction of sp³-hybridized carbons (Fsp3) is 0.846. The molecular weight excluding hydrogens is 264 g/mol. The molecular formula is C13H24N2O5. The average Bonchev–Trinajstić information content (AvgIpc) is 2.87. The van der Waals surface area contributed by atoms with Crippen LogP contribution in [0, 0.1) is 0 Å². The third-order valence-electron chi connectivity index (χ3n) is 3.60. The lowest BCUT2D eigenvalue weighted by Gasteiger charge is -2.27. The lowest BCUT2D eigenvalue weighted by molar-refractivity contribution is -0.141. The Hall–Kier alpha value is -1.34. The monoisotopic (exact) mass is 288 g/mol. The van der Waals surface area contributed by atoms with Crippen molar-refractivity contribution >= 4 is 12.0 Å². The number of carbonyl (C=O) groups is 2. The van der Waals surface area contributed by atoms with Crippen LogP contribution >= 0.6 is 0 Å². The van der Waals surface area contributed by atoms with Gasteiger partial charge in [0.2, 0.25) is 0 Å². The number of ether oxygens (including phenoxy) is 1. The number of aliphatic carboxylic acids is 1. The molecule has 0 aliphatic carbocycles. The van der Waals surface area contributed by atoms with Crippen LogP contribution in [0.3, 0.4) is 0 Å². The zero-order valence-electron chi connectivity index (χ0n) is 12.1. The number of methoxy groups -OCH3 is 1. The number of nitrogens with zero attached hydrogens (tertiary/aromatic N) is 2. The first-order valence-corrected chi connectivity index (χ1v) is 6.89. The van der Waals surface area contributed by atoms with Gasteiger partial charge in [-0.25, -0.2) is 9.59 Å². The molecule has 2 N–H and O–H groups in total. The number of rotatable bonds is 7. The summed E-state index contributed by atoms with van der Waals surface area (Å²) in [5.41, 5.74) is 0. The van der Waals surface area contributed by atoms with E-state index in [-0.39, 0.29) is 18.7 Å². The minimum Gasteiger partial charge on any atom is -0.480 e.